The standard InChI is InChI=1S/C20H20Cl2N2O3S/c21-16-12-17(22)19(28(26,27)23-14-6-2-3-7-14)11-15(16)20(25)24-10-9-13-5-1-4-8-18(13)24/h1,4-5,8,11-12,14,23H,2-3,6-7,9-10H2. The number of fused-ring (bicyclic) bond motifs is 1. The molecule has 1 saturated carbocycles. The predicted octanol–water partition coefficient (Wildman–Crippen LogP) is 4.42. The van der Waals surface area contributed by atoms with Gasteiger partial charge in [0.15, 0.2) is 0 Å². The van der Waals surface area contributed by atoms with Crippen molar-refractivity contribution in [3.05, 3.63) is 57.6 Å². The molecule has 0 atom stereocenters. The highest BCUT2D eigenvalue weighted by molar-refractivity contribution is 7.89. The molecule has 1 aliphatic heterocycles. The summed E-state index contributed by atoms with van der Waals surface area (Å²) < 4.78 is 28.4. The Balaban J connectivity index is 1.69. The SMILES string of the molecule is O=C(c1cc(S(=O)(=O)NC2CCCC2)c(Cl)cc1Cl)N1CCc2ccccc21. The molecule has 0 radical (unpaired) electrons. The Hall–Kier alpha value is -1.60. The van der Waals surface area contributed by atoms with Crippen molar-refractivity contribution in [1.82, 2.24) is 4.72 Å². The first-order valence-electron chi connectivity index (χ1n) is 9.28. The maximum atomic E-state index is 13.1. The predicted molar refractivity (Wildman–Crippen MR) is 111 cm³/mol. The third kappa shape index (κ3) is 3.66. The highest BCUT2D eigenvalue weighted by Crippen LogP contribution is 2.34. The maximum absolute atomic E-state index is 13.1. The maximum Gasteiger partial charge on any atom is 0.259 e. The normalized spacial score (nSPS) is 17.1. The highest BCUT2D eigenvalue weighted by Gasteiger charge is 2.30. The van der Waals surface area contributed by atoms with Crippen molar-refractivity contribution in [1.29, 1.82) is 0 Å². The van der Waals surface area contributed by atoms with Gasteiger partial charge in [-0.15, -0.1) is 0 Å². The average molecular weight is 439 g/mol. The number of rotatable bonds is 4. The smallest absolute Gasteiger partial charge is 0.259 e. The monoisotopic (exact) mass is 438 g/mol. The minimum atomic E-state index is -3.84. The summed E-state index contributed by atoms with van der Waals surface area (Å²) in [5.41, 5.74) is 2.04. The Bertz CT molecular complexity index is 1030. The van der Waals surface area contributed by atoms with Gasteiger partial charge in [0.05, 0.1) is 15.6 Å². The summed E-state index contributed by atoms with van der Waals surface area (Å²) in [7, 11) is -3.84. The molecule has 2 aromatic rings. The molecule has 1 N–H and O–H groups in total. The van der Waals surface area contributed by atoms with Crippen molar-refractivity contribution in [2.45, 2.75) is 43.0 Å². The second-order valence-electron chi connectivity index (χ2n) is 7.20. The first-order valence-corrected chi connectivity index (χ1v) is 11.5. The summed E-state index contributed by atoms with van der Waals surface area (Å²) in [6, 6.07) is 10.2. The van der Waals surface area contributed by atoms with E-state index in [-0.39, 0.29) is 32.5 Å². The molecular weight excluding hydrogens is 419 g/mol. The lowest BCUT2D eigenvalue weighted by Gasteiger charge is -2.19. The largest absolute Gasteiger partial charge is 0.308 e. The van der Waals surface area contributed by atoms with Crippen LogP contribution in [-0.2, 0) is 16.4 Å². The van der Waals surface area contributed by atoms with Crippen molar-refractivity contribution in [3.63, 3.8) is 0 Å². The van der Waals surface area contributed by atoms with Crippen LogP contribution in [0.3, 0.4) is 0 Å². The molecule has 2 aromatic carbocycles. The van der Waals surface area contributed by atoms with Gasteiger partial charge in [-0.2, -0.15) is 0 Å². The molecule has 1 heterocycles. The molecular formula is C20H20Cl2N2O3S. The average Bonchev–Trinajstić information content (AvgIpc) is 3.30. The van der Waals surface area contributed by atoms with Gasteiger partial charge in [0.1, 0.15) is 4.90 Å². The lowest BCUT2D eigenvalue weighted by atomic mass is 10.1. The molecule has 8 heteroatoms. The van der Waals surface area contributed by atoms with Gasteiger partial charge in [-0.25, -0.2) is 13.1 Å². The van der Waals surface area contributed by atoms with Gasteiger partial charge in [0.2, 0.25) is 10.0 Å². The Morgan fingerprint density at radius 1 is 1.07 bits per heavy atom. The molecule has 28 heavy (non-hydrogen) atoms. The Morgan fingerprint density at radius 3 is 2.54 bits per heavy atom. The molecule has 148 valence electrons. The van der Waals surface area contributed by atoms with Crippen molar-refractivity contribution in [2.24, 2.45) is 0 Å². The number of amides is 1. The molecule has 0 aromatic heterocycles. The van der Waals surface area contributed by atoms with E-state index in [0.717, 1.165) is 43.4 Å². The highest BCUT2D eigenvalue weighted by atomic mass is 35.5. The summed E-state index contributed by atoms with van der Waals surface area (Å²) in [5.74, 6) is -0.330. The minimum absolute atomic E-state index is 0.00821. The Kier molecular flexibility index (Phi) is 5.40. The zero-order valence-electron chi connectivity index (χ0n) is 15.1. The van der Waals surface area contributed by atoms with E-state index in [2.05, 4.69) is 4.72 Å². The van der Waals surface area contributed by atoms with Crippen molar-refractivity contribution < 1.29 is 13.2 Å². The van der Waals surface area contributed by atoms with E-state index in [0.29, 0.717) is 6.54 Å². The third-order valence-electron chi connectivity index (χ3n) is 5.35. The van der Waals surface area contributed by atoms with Gasteiger partial charge in [-0.3, -0.25) is 4.79 Å². The quantitative estimate of drug-likeness (QED) is 0.767. The van der Waals surface area contributed by atoms with Crippen molar-refractivity contribution in [2.75, 3.05) is 11.4 Å². The number of carbonyl (C=O) groups excluding carboxylic acids is 1. The van der Waals surface area contributed by atoms with Gasteiger partial charge in [-0.05, 0) is 43.0 Å². The summed E-state index contributed by atoms with van der Waals surface area (Å²) in [5, 5.41) is 0.146. The number of anilines is 1. The third-order valence-corrected chi connectivity index (χ3v) is 7.65. The number of nitrogens with one attached hydrogen (secondary N) is 1. The van der Waals surface area contributed by atoms with Crippen LogP contribution in [0, 0.1) is 0 Å². The number of sulfonamides is 1. The first kappa shape index (κ1) is 19.7. The van der Waals surface area contributed by atoms with E-state index in [1.165, 1.54) is 12.1 Å². The number of hydrogen-bond acceptors (Lipinski definition) is 3. The van der Waals surface area contributed by atoms with E-state index in [1.807, 2.05) is 24.3 Å². The second-order valence-corrected chi connectivity index (χ2v) is 9.70. The molecule has 0 bridgehead atoms. The molecule has 0 unspecified atom stereocenters. The van der Waals surface area contributed by atoms with Crippen LogP contribution in [0.1, 0.15) is 41.6 Å². The fourth-order valence-electron chi connectivity index (χ4n) is 3.92. The summed E-state index contributed by atoms with van der Waals surface area (Å²) >= 11 is 12.5. The number of para-hydroxylation sites is 1. The van der Waals surface area contributed by atoms with Crippen molar-refractivity contribution in [3.8, 4) is 0 Å². The summed E-state index contributed by atoms with van der Waals surface area (Å²) in [4.78, 5) is 14.7. The molecule has 4 rings (SSSR count). The van der Waals surface area contributed by atoms with Gasteiger partial charge in [0, 0.05) is 18.3 Å². The van der Waals surface area contributed by atoms with Crippen LogP contribution in [0.2, 0.25) is 10.0 Å². The molecule has 0 saturated heterocycles. The van der Waals surface area contributed by atoms with Crippen LogP contribution in [0.25, 0.3) is 0 Å². The van der Waals surface area contributed by atoms with Gasteiger partial charge in [0.25, 0.3) is 5.91 Å². The zero-order chi connectivity index (χ0) is 19.9. The molecule has 1 fully saturated rings. The molecule has 0 spiro atoms. The lowest BCUT2D eigenvalue weighted by molar-refractivity contribution is 0.0989. The van der Waals surface area contributed by atoms with Gasteiger partial charge < -0.3 is 4.90 Å². The van der Waals surface area contributed by atoms with Crippen LogP contribution in [0.5, 0.6) is 0 Å². The van der Waals surface area contributed by atoms with E-state index < -0.39 is 10.0 Å². The van der Waals surface area contributed by atoms with E-state index >= 15 is 0 Å². The number of carbonyl (C=O) groups is 1. The fraction of sp³-hybridized carbons (Fsp3) is 0.350. The zero-order valence-corrected chi connectivity index (χ0v) is 17.4. The van der Waals surface area contributed by atoms with Crippen molar-refractivity contribution >= 4 is 44.8 Å². The Labute approximate surface area is 174 Å². The topological polar surface area (TPSA) is 66.5 Å². The van der Waals surface area contributed by atoms with Crippen LogP contribution >= 0.6 is 23.2 Å². The fourth-order valence-corrected chi connectivity index (χ4v) is 6.08. The number of halogens is 2. The molecule has 1 aliphatic carbocycles. The van der Waals surface area contributed by atoms with E-state index in [1.54, 1.807) is 4.90 Å². The molecule has 5 nitrogen and oxygen atoms in total. The number of nitrogens with zero attached hydrogens (tertiary/aromatic N) is 1. The Morgan fingerprint density at radius 2 is 1.79 bits per heavy atom. The van der Waals surface area contributed by atoms with E-state index in [4.69, 9.17) is 23.2 Å². The van der Waals surface area contributed by atoms with Gasteiger partial charge in [-0.1, -0.05) is 54.2 Å². The minimum Gasteiger partial charge on any atom is -0.308 e. The van der Waals surface area contributed by atoms with Crippen LogP contribution in [-0.4, -0.2) is 26.9 Å². The second kappa shape index (κ2) is 7.67. The first-order chi connectivity index (χ1) is 13.4. The number of benzene rings is 2. The van der Waals surface area contributed by atoms with Crippen LogP contribution in [0.4, 0.5) is 5.69 Å². The number of hydrogen-bond donors (Lipinski definition) is 1. The van der Waals surface area contributed by atoms with Crippen LogP contribution < -0.4 is 9.62 Å². The summed E-state index contributed by atoms with van der Waals surface area (Å²) in [6.07, 6.45) is 4.36. The van der Waals surface area contributed by atoms with Crippen LogP contribution in [0.15, 0.2) is 41.3 Å². The van der Waals surface area contributed by atoms with Gasteiger partial charge >= 0.3 is 0 Å². The van der Waals surface area contributed by atoms with E-state index in [9.17, 15) is 13.2 Å². The molecule has 1 amide bonds. The summed E-state index contributed by atoms with van der Waals surface area (Å²) in [6.45, 7) is 0.527. The lowest BCUT2D eigenvalue weighted by Crippen LogP contribution is -2.33. The molecule has 2 aliphatic rings.